The topological polar surface area (TPSA) is 272 Å². The Hall–Kier alpha value is -2.99. The van der Waals surface area contributed by atoms with E-state index in [1.54, 1.807) is 27.7 Å². The molecule has 5 atom stereocenters. The summed E-state index contributed by atoms with van der Waals surface area (Å²) in [6.07, 6.45) is -6.32. The highest BCUT2D eigenvalue weighted by atomic mass is 31.2. The van der Waals surface area contributed by atoms with Crippen molar-refractivity contribution in [3.8, 4) is 0 Å². The van der Waals surface area contributed by atoms with Gasteiger partial charge in [-0.3, -0.25) is 14.2 Å². The number of aliphatic hydroxyl groups excluding tert-OH is 2. The molecule has 3 heterocycles. The van der Waals surface area contributed by atoms with Crippen LogP contribution in [0, 0.1) is 0 Å². The van der Waals surface area contributed by atoms with E-state index in [-0.39, 0.29) is 28.9 Å². The molecule has 0 radical (unpaired) electrons. The van der Waals surface area contributed by atoms with Gasteiger partial charge in [0.2, 0.25) is 11.8 Å². The number of carboxylic acid groups (broad SMARTS) is 1. The first kappa shape index (κ1) is 29.6. The van der Waals surface area contributed by atoms with Gasteiger partial charge in [-0.25, -0.2) is 19.7 Å². The lowest BCUT2D eigenvalue weighted by molar-refractivity contribution is -0.148. The minimum absolute atomic E-state index is 0.115. The third kappa shape index (κ3) is 6.01. The first-order valence-electron chi connectivity index (χ1n) is 11.6. The normalized spacial score (nSPS) is 22.9. The SMILES string of the molecule is CC(C)NP(=O)(NC(C)C)C(OCC1OC(n2nnc3c(N)nn(CC(N)=O)c3c2=O)C(O)C1O)C(=O)O. The lowest BCUT2D eigenvalue weighted by Crippen LogP contribution is -2.43. The van der Waals surface area contributed by atoms with E-state index in [2.05, 4.69) is 25.6 Å². The van der Waals surface area contributed by atoms with Gasteiger partial charge in [-0.05, 0) is 27.7 Å². The Bertz CT molecular complexity index is 1280. The van der Waals surface area contributed by atoms with E-state index in [4.69, 9.17) is 20.9 Å². The number of aliphatic carboxylic acids is 1. The van der Waals surface area contributed by atoms with Crippen molar-refractivity contribution in [3.63, 3.8) is 0 Å². The number of carbonyl (C=O) groups excluding carboxylic acids is 1. The van der Waals surface area contributed by atoms with Crippen LogP contribution in [0.1, 0.15) is 33.9 Å². The molecule has 1 saturated heterocycles. The van der Waals surface area contributed by atoms with Crippen molar-refractivity contribution in [2.45, 2.75) is 76.7 Å². The summed E-state index contributed by atoms with van der Waals surface area (Å²) in [4.78, 5) is 36.5. The van der Waals surface area contributed by atoms with Gasteiger partial charge in [0.1, 0.15) is 24.9 Å². The molecular formula is C19H32N9O9P. The molecule has 9 N–H and O–H groups in total. The van der Waals surface area contributed by atoms with Gasteiger partial charge in [0, 0.05) is 12.1 Å². The third-order valence-electron chi connectivity index (χ3n) is 5.35. The molecule has 38 heavy (non-hydrogen) atoms. The molecule has 2 aromatic rings. The molecule has 3 rings (SSSR count). The lowest BCUT2D eigenvalue weighted by atomic mass is 10.1. The third-order valence-corrected chi connectivity index (χ3v) is 8.18. The van der Waals surface area contributed by atoms with Crippen molar-refractivity contribution in [1.82, 2.24) is 34.9 Å². The number of carboxylic acids is 1. The zero-order valence-electron chi connectivity index (χ0n) is 21.1. The Kier molecular flexibility index (Phi) is 8.87. The van der Waals surface area contributed by atoms with E-state index in [0.717, 1.165) is 4.68 Å². The maximum absolute atomic E-state index is 13.5. The molecule has 0 spiro atoms. The van der Waals surface area contributed by atoms with Crippen LogP contribution >= 0.6 is 7.44 Å². The average Bonchev–Trinajstić information content (AvgIpc) is 3.23. The van der Waals surface area contributed by atoms with Crippen molar-refractivity contribution in [1.29, 1.82) is 0 Å². The number of nitrogens with two attached hydrogens (primary N) is 2. The zero-order valence-corrected chi connectivity index (χ0v) is 22.0. The van der Waals surface area contributed by atoms with Gasteiger partial charge in [0.25, 0.3) is 13.0 Å². The van der Waals surface area contributed by atoms with Crippen molar-refractivity contribution in [2.75, 3.05) is 12.3 Å². The summed E-state index contributed by atoms with van der Waals surface area (Å²) in [5.41, 5.74) is 9.65. The highest BCUT2D eigenvalue weighted by Crippen LogP contribution is 2.44. The molecular weight excluding hydrogens is 529 g/mol. The van der Waals surface area contributed by atoms with Crippen LogP contribution in [0.15, 0.2) is 4.79 Å². The van der Waals surface area contributed by atoms with Crippen LogP contribution in [-0.2, 0) is 30.2 Å². The van der Waals surface area contributed by atoms with Gasteiger partial charge in [-0.1, -0.05) is 5.21 Å². The second-order valence-corrected chi connectivity index (χ2v) is 11.6. The summed E-state index contributed by atoms with van der Waals surface area (Å²) >= 11 is 0. The molecule has 1 aliphatic heterocycles. The summed E-state index contributed by atoms with van der Waals surface area (Å²) < 4.78 is 26.1. The highest BCUT2D eigenvalue weighted by molar-refractivity contribution is 7.61. The number of carbonyl (C=O) groups is 2. The first-order chi connectivity index (χ1) is 17.7. The highest BCUT2D eigenvalue weighted by Gasteiger charge is 2.47. The fourth-order valence-electron chi connectivity index (χ4n) is 3.98. The Balaban J connectivity index is 1.87. The number of nitrogens with one attached hydrogen (secondary N) is 2. The average molecular weight is 561 g/mol. The fraction of sp³-hybridized carbons (Fsp3) is 0.684. The van der Waals surface area contributed by atoms with E-state index in [1.807, 2.05) is 0 Å². The van der Waals surface area contributed by atoms with Gasteiger partial charge >= 0.3 is 5.97 Å². The van der Waals surface area contributed by atoms with Crippen LogP contribution in [0.3, 0.4) is 0 Å². The standard InChI is InChI=1S/C19H32N9O9P/c1-7(2)24-38(35,25-8(3)4)19(18(33)34)36-6-9-13(30)14(31)17(37-9)28-16(32)12-11(22-26-28)15(21)23-27(12)5-10(20)29/h7-9,13-14,17,19,30-31H,5-6H2,1-4H3,(H2,20,29)(H2,21,23)(H,33,34)(H2,24,25,35). The van der Waals surface area contributed by atoms with Crippen molar-refractivity contribution >= 4 is 36.2 Å². The predicted molar refractivity (Wildman–Crippen MR) is 131 cm³/mol. The van der Waals surface area contributed by atoms with E-state index in [0.29, 0.717) is 4.68 Å². The van der Waals surface area contributed by atoms with Crippen molar-refractivity contribution in [3.05, 3.63) is 10.4 Å². The quantitative estimate of drug-likeness (QED) is 0.130. The minimum atomic E-state index is -3.87. The van der Waals surface area contributed by atoms with Crippen LogP contribution in [-0.4, -0.2) is 94.8 Å². The second-order valence-electron chi connectivity index (χ2n) is 9.34. The Morgan fingerprint density at radius 1 is 1.18 bits per heavy atom. The second kappa shape index (κ2) is 11.4. The number of ether oxygens (including phenoxy) is 2. The summed E-state index contributed by atoms with van der Waals surface area (Å²) in [5, 5.41) is 47.7. The molecule has 1 fully saturated rings. The number of hydrogen-bond acceptors (Lipinski definition) is 12. The lowest BCUT2D eigenvalue weighted by Gasteiger charge is -2.30. The molecule has 0 saturated carbocycles. The number of amides is 1. The summed E-state index contributed by atoms with van der Waals surface area (Å²) in [7, 11) is -3.87. The van der Waals surface area contributed by atoms with E-state index < -0.39 is 68.4 Å². The zero-order chi connectivity index (χ0) is 28.5. The summed E-state index contributed by atoms with van der Waals surface area (Å²) in [6.45, 7) is 5.60. The fourth-order valence-corrected chi connectivity index (χ4v) is 6.46. The van der Waals surface area contributed by atoms with Crippen molar-refractivity contribution in [2.24, 2.45) is 5.73 Å². The van der Waals surface area contributed by atoms with Crippen LogP contribution < -0.4 is 27.2 Å². The van der Waals surface area contributed by atoms with Gasteiger partial charge in [0.15, 0.2) is 23.1 Å². The Morgan fingerprint density at radius 2 is 1.79 bits per heavy atom. The maximum Gasteiger partial charge on any atom is 0.343 e. The van der Waals surface area contributed by atoms with Gasteiger partial charge < -0.3 is 36.3 Å². The van der Waals surface area contributed by atoms with Gasteiger partial charge in [0.05, 0.1) is 6.61 Å². The number of primary amides is 1. The van der Waals surface area contributed by atoms with Crippen LogP contribution in [0.25, 0.3) is 11.0 Å². The minimum Gasteiger partial charge on any atom is -0.479 e. The predicted octanol–water partition coefficient (Wildman–Crippen LogP) is -2.71. The van der Waals surface area contributed by atoms with Crippen LogP contribution in [0.5, 0.6) is 0 Å². The Labute approximate surface area is 215 Å². The number of fused-ring (bicyclic) bond motifs is 1. The molecule has 0 bridgehead atoms. The van der Waals surface area contributed by atoms with E-state index in [9.17, 15) is 34.3 Å². The van der Waals surface area contributed by atoms with Gasteiger partial charge in [-0.15, -0.1) is 5.10 Å². The molecule has 0 aromatic carbocycles. The number of nitrogens with zero attached hydrogens (tertiary/aromatic N) is 5. The van der Waals surface area contributed by atoms with E-state index >= 15 is 0 Å². The number of rotatable bonds is 12. The first-order valence-corrected chi connectivity index (χ1v) is 13.3. The van der Waals surface area contributed by atoms with Crippen molar-refractivity contribution < 1.29 is 38.9 Å². The monoisotopic (exact) mass is 561 g/mol. The smallest absolute Gasteiger partial charge is 0.343 e. The summed E-state index contributed by atoms with van der Waals surface area (Å²) in [6, 6.07) is -0.732. The van der Waals surface area contributed by atoms with Crippen LogP contribution in [0.4, 0.5) is 5.82 Å². The Morgan fingerprint density at radius 3 is 2.32 bits per heavy atom. The molecule has 5 unspecified atom stereocenters. The molecule has 2 aromatic heterocycles. The molecule has 0 aliphatic carbocycles. The number of hydrogen-bond donors (Lipinski definition) is 7. The molecule has 1 aliphatic rings. The van der Waals surface area contributed by atoms with Crippen LogP contribution in [0.2, 0.25) is 0 Å². The van der Waals surface area contributed by atoms with Gasteiger partial charge in [-0.2, -0.15) is 9.78 Å². The largest absolute Gasteiger partial charge is 0.479 e. The molecule has 19 heteroatoms. The number of anilines is 1. The number of nitrogen functional groups attached to an aromatic ring is 1. The van der Waals surface area contributed by atoms with E-state index in [1.165, 1.54) is 0 Å². The maximum atomic E-state index is 13.5. The molecule has 1 amide bonds. The molecule has 18 nitrogen and oxygen atoms in total. The number of aliphatic hydroxyl groups is 2. The number of aromatic nitrogens is 5. The molecule has 212 valence electrons. The summed E-state index contributed by atoms with van der Waals surface area (Å²) in [5.74, 6) is -4.41.